The van der Waals surface area contributed by atoms with E-state index in [1.54, 1.807) is 0 Å². The van der Waals surface area contributed by atoms with Gasteiger partial charge in [-0.15, -0.1) is 0 Å². The summed E-state index contributed by atoms with van der Waals surface area (Å²) < 4.78 is 1.07. The highest BCUT2D eigenvalue weighted by molar-refractivity contribution is 5.78. The summed E-state index contributed by atoms with van der Waals surface area (Å²) in [6.45, 7) is 8.92. The number of Topliss-reactive ketones (excluding diaryl/α,β-unsaturated/α-hetero) is 1. The molecule has 2 nitrogen and oxygen atoms in total. The fourth-order valence-corrected chi connectivity index (χ4v) is 1.59. The molecule has 0 amide bonds. The largest absolute Gasteiger partial charge is 0.329 e. The summed E-state index contributed by atoms with van der Waals surface area (Å²) in [5, 5.41) is 0. The van der Waals surface area contributed by atoms with Gasteiger partial charge in [0.05, 0.1) is 27.2 Å². The van der Waals surface area contributed by atoms with Gasteiger partial charge in [-0.25, -0.2) is 0 Å². The Hall–Kier alpha value is -0.370. The molecule has 0 atom stereocenters. The molecule has 0 radical (unpaired) electrons. The van der Waals surface area contributed by atoms with Crippen molar-refractivity contribution < 1.29 is 9.28 Å². The van der Waals surface area contributed by atoms with Gasteiger partial charge < -0.3 is 4.48 Å². The average Bonchev–Trinajstić information content (AvgIpc) is 2.21. The SMILES string of the molecule is CC[N+](C)(C)CCCCC(=O)CCC(C)C. The van der Waals surface area contributed by atoms with Crippen LogP contribution in [0.3, 0.4) is 0 Å². The van der Waals surface area contributed by atoms with Gasteiger partial charge in [0.1, 0.15) is 5.78 Å². The topological polar surface area (TPSA) is 17.1 Å². The number of carbonyl (C=O) groups excluding carboxylic acids is 1. The predicted molar refractivity (Wildman–Crippen MR) is 70.4 cm³/mol. The number of unbranched alkanes of at least 4 members (excludes halogenated alkanes) is 1. The molecule has 0 N–H and O–H groups in total. The van der Waals surface area contributed by atoms with Crippen LogP contribution in [0.1, 0.15) is 52.9 Å². The Kier molecular flexibility index (Phi) is 7.65. The van der Waals surface area contributed by atoms with Gasteiger partial charge in [0.2, 0.25) is 0 Å². The maximum Gasteiger partial charge on any atom is 0.132 e. The second kappa shape index (κ2) is 7.83. The Morgan fingerprint density at radius 1 is 1.12 bits per heavy atom. The fraction of sp³-hybridized carbons (Fsp3) is 0.929. The van der Waals surface area contributed by atoms with E-state index in [2.05, 4.69) is 34.9 Å². The van der Waals surface area contributed by atoms with Crippen LogP contribution >= 0.6 is 0 Å². The molecule has 16 heavy (non-hydrogen) atoms. The van der Waals surface area contributed by atoms with Gasteiger partial charge in [-0.1, -0.05) is 13.8 Å². The lowest BCUT2D eigenvalue weighted by molar-refractivity contribution is -0.888. The zero-order valence-electron chi connectivity index (χ0n) is 11.9. The normalized spacial score (nSPS) is 12.1. The minimum absolute atomic E-state index is 0.454. The molecule has 0 aromatic rings. The molecule has 0 saturated carbocycles. The van der Waals surface area contributed by atoms with E-state index in [4.69, 9.17) is 0 Å². The molecule has 0 saturated heterocycles. The summed E-state index contributed by atoms with van der Waals surface area (Å²) >= 11 is 0. The minimum atomic E-state index is 0.454. The maximum atomic E-state index is 11.5. The van der Waals surface area contributed by atoms with E-state index < -0.39 is 0 Å². The molecule has 0 aromatic heterocycles. The highest BCUT2D eigenvalue weighted by Crippen LogP contribution is 2.09. The average molecular weight is 228 g/mol. The van der Waals surface area contributed by atoms with Gasteiger partial charge in [-0.2, -0.15) is 0 Å². The van der Waals surface area contributed by atoms with Crippen LogP contribution in [0.15, 0.2) is 0 Å². The molecule has 0 aliphatic carbocycles. The molecule has 0 rings (SSSR count). The quantitative estimate of drug-likeness (QED) is 0.437. The lowest BCUT2D eigenvalue weighted by atomic mass is 10.0. The van der Waals surface area contributed by atoms with Crippen molar-refractivity contribution in [3.8, 4) is 0 Å². The first-order valence-electron chi connectivity index (χ1n) is 6.71. The summed E-state index contributed by atoms with van der Waals surface area (Å²) in [6, 6.07) is 0. The van der Waals surface area contributed by atoms with Gasteiger partial charge in [-0.05, 0) is 32.1 Å². The Morgan fingerprint density at radius 3 is 2.25 bits per heavy atom. The van der Waals surface area contributed by atoms with Gasteiger partial charge >= 0.3 is 0 Å². The molecule has 0 aromatic carbocycles. The lowest BCUT2D eigenvalue weighted by Crippen LogP contribution is -2.39. The number of quaternary nitrogens is 1. The first kappa shape index (κ1) is 15.6. The molecule has 0 bridgehead atoms. The van der Waals surface area contributed by atoms with Crippen LogP contribution in [-0.2, 0) is 4.79 Å². The number of carbonyl (C=O) groups is 1. The molecule has 0 fully saturated rings. The van der Waals surface area contributed by atoms with E-state index in [1.807, 2.05) is 0 Å². The van der Waals surface area contributed by atoms with E-state index >= 15 is 0 Å². The molecule has 0 aliphatic rings. The molecular formula is C14H30NO+. The van der Waals surface area contributed by atoms with Crippen LogP contribution in [0.2, 0.25) is 0 Å². The van der Waals surface area contributed by atoms with Crippen molar-refractivity contribution >= 4 is 5.78 Å². The molecule has 96 valence electrons. The van der Waals surface area contributed by atoms with Crippen LogP contribution in [-0.4, -0.2) is 37.5 Å². The van der Waals surface area contributed by atoms with Crippen LogP contribution in [0.5, 0.6) is 0 Å². The monoisotopic (exact) mass is 228 g/mol. The van der Waals surface area contributed by atoms with Crippen molar-refractivity contribution in [3.63, 3.8) is 0 Å². The van der Waals surface area contributed by atoms with Crippen LogP contribution in [0, 0.1) is 5.92 Å². The molecule has 2 heteroatoms. The summed E-state index contributed by atoms with van der Waals surface area (Å²) in [7, 11) is 4.50. The third-order valence-corrected chi connectivity index (χ3v) is 3.33. The van der Waals surface area contributed by atoms with Gasteiger partial charge in [0, 0.05) is 12.8 Å². The number of ketones is 1. The van der Waals surface area contributed by atoms with E-state index in [1.165, 1.54) is 19.5 Å². The Bertz CT molecular complexity index is 197. The predicted octanol–water partition coefficient (Wildman–Crippen LogP) is 3.26. The van der Waals surface area contributed by atoms with Crippen molar-refractivity contribution in [1.29, 1.82) is 0 Å². The third-order valence-electron chi connectivity index (χ3n) is 3.33. The van der Waals surface area contributed by atoms with E-state index in [-0.39, 0.29) is 0 Å². The van der Waals surface area contributed by atoms with Crippen molar-refractivity contribution in [2.45, 2.75) is 52.9 Å². The van der Waals surface area contributed by atoms with E-state index in [0.29, 0.717) is 11.7 Å². The maximum absolute atomic E-state index is 11.5. The van der Waals surface area contributed by atoms with Crippen LogP contribution in [0.4, 0.5) is 0 Å². The van der Waals surface area contributed by atoms with Gasteiger partial charge in [-0.3, -0.25) is 4.79 Å². The van der Waals surface area contributed by atoms with Crippen molar-refractivity contribution in [2.75, 3.05) is 27.2 Å². The van der Waals surface area contributed by atoms with Crippen molar-refractivity contribution in [2.24, 2.45) is 5.92 Å². The third kappa shape index (κ3) is 8.90. The summed E-state index contributed by atoms with van der Waals surface area (Å²) in [5.41, 5.74) is 0. The molecular weight excluding hydrogens is 198 g/mol. The number of hydrogen-bond donors (Lipinski definition) is 0. The number of rotatable bonds is 9. The minimum Gasteiger partial charge on any atom is -0.329 e. The van der Waals surface area contributed by atoms with Crippen LogP contribution < -0.4 is 0 Å². The van der Waals surface area contributed by atoms with E-state index in [9.17, 15) is 4.79 Å². The summed E-state index contributed by atoms with van der Waals surface area (Å²) in [4.78, 5) is 11.5. The molecule has 0 aliphatic heterocycles. The second-order valence-corrected chi connectivity index (χ2v) is 5.90. The number of hydrogen-bond acceptors (Lipinski definition) is 1. The smallest absolute Gasteiger partial charge is 0.132 e. The molecule has 0 unspecified atom stereocenters. The first-order chi connectivity index (χ1) is 7.37. The lowest BCUT2D eigenvalue weighted by Gasteiger charge is -2.28. The van der Waals surface area contributed by atoms with Gasteiger partial charge in [0.25, 0.3) is 0 Å². The summed E-state index contributed by atoms with van der Waals surface area (Å²) in [6.07, 6.45) is 4.86. The van der Waals surface area contributed by atoms with Gasteiger partial charge in [0.15, 0.2) is 0 Å². The molecule has 0 spiro atoms. The fourth-order valence-electron chi connectivity index (χ4n) is 1.59. The molecule has 0 heterocycles. The zero-order valence-corrected chi connectivity index (χ0v) is 11.9. The zero-order chi connectivity index (χ0) is 12.6. The highest BCUT2D eigenvalue weighted by Gasteiger charge is 2.11. The van der Waals surface area contributed by atoms with Crippen molar-refractivity contribution in [1.82, 2.24) is 0 Å². The summed E-state index contributed by atoms with van der Waals surface area (Å²) in [5.74, 6) is 1.11. The Balaban J connectivity index is 3.48. The van der Waals surface area contributed by atoms with Crippen molar-refractivity contribution in [3.05, 3.63) is 0 Å². The standard InChI is InChI=1S/C14H30NO/c1-6-15(4,5)12-8-7-9-14(16)11-10-13(2)3/h13H,6-12H2,1-5H3/q+1. The number of nitrogens with zero attached hydrogens (tertiary/aromatic N) is 1. The highest BCUT2D eigenvalue weighted by atomic mass is 16.1. The van der Waals surface area contributed by atoms with E-state index in [0.717, 1.165) is 30.2 Å². The van der Waals surface area contributed by atoms with Crippen LogP contribution in [0.25, 0.3) is 0 Å². The Morgan fingerprint density at radius 2 is 1.75 bits per heavy atom. The first-order valence-corrected chi connectivity index (χ1v) is 6.71. The Labute approximate surface area is 102 Å². The second-order valence-electron chi connectivity index (χ2n) is 5.90.